The number of hydrogen-bond donors (Lipinski definition) is 2. The zero-order valence-electron chi connectivity index (χ0n) is 9.97. The number of benzene rings is 1. The maximum atomic E-state index is 11.5. The molecule has 0 amide bonds. The van der Waals surface area contributed by atoms with Crippen LogP contribution in [0.5, 0.6) is 5.75 Å². The Morgan fingerprint density at radius 3 is 2.41 bits per heavy atom. The van der Waals surface area contributed by atoms with Crippen molar-refractivity contribution in [2.75, 3.05) is 0 Å². The molecule has 0 aromatic heterocycles. The third kappa shape index (κ3) is 4.48. The quantitative estimate of drug-likeness (QED) is 0.557. The SMILES string of the molecule is CCC(CC)N[NH+]([O-])Oc1ccc(N=O)cc1. The van der Waals surface area contributed by atoms with E-state index in [-0.39, 0.29) is 6.04 Å². The van der Waals surface area contributed by atoms with E-state index in [1.54, 1.807) is 0 Å². The van der Waals surface area contributed by atoms with E-state index < -0.39 is 5.34 Å². The lowest BCUT2D eigenvalue weighted by Crippen LogP contribution is -3.17. The first-order valence-corrected chi connectivity index (χ1v) is 5.61. The van der Waals surface area contributed by atoms with Gasteiger partial charge >= 0.3 is 0 Å². The maximum absolute atomic E-state index is 11.5. The first-order chi connectivity index (χ1) is 8.19. The molecular formula is C11H17N3O3. The third-order valence-electron chi connectivity index (χ3n) is 2.46. The van der Waals surface area contributed by atoms with E-state index in [2.05, 4.69) is 10.6 Å². The van der Waals surface area contributed by atoms with Gasteiger partial charge in [-0.2, -0.15) is 0 Å². The van der Waals surface area contributed by atoms with Gasteiger partial charge in [0.15, 0.2) is 5.75 Å². The molecule has 0 fully saturated rings. The van der Waals surface area contributed by atoms with Crippen LogP contribution < -0.4 is 15.6 Å². The van der Waals surface area contributed by atoms with Crippen LogP contribution in [0.3, 0.4) is 0 Å². The largest absolute Gasteiger partial charge is 0.570 e. The fourth-order valence-corrected chi connectivity index (χ4v) is 1.37. The topological polar surface area (TPSA) is 78.2 Å². The van der Waals surface area contributed by atoms with Crippen molar-refractivity contribution in [1.82, 2.24) is 5.43 Å². The second-order valence-electron chi connectivity index (χ2n) is 3.63. The number of nitrogens with one attached hydrogen (secondary N) is 2. The predicted octanol–water partition coefficient (Wildman–Crippen LogP) is 1.45. The summed E-state index contributed by atoms with van der Waals surface area (Å²) in [4.78, 5) is 15.2. The number of rotatable bonds is 7. The smallest absolute Gasteiger partial charge is 0.193 e. The molecular weight excluding hydrogens is 222 g/mol. The molecule has 0 heterocycles. The zero-order chi connectivity index (χ0) is 12.7. The van der Waals surface area contributed by atoms with Crippen molar-refractivity contribution in [1.29, 1.82) is 0 Å². The van der Waals surface area contributed by atoms with Crippen molar-refractivity contribution in [2.45, 2.75) is 32.7 Å². The van der Waals surface area contributed by atoms with E-state index in [9.17, 15) is 10.1 Å². The molecule has 0 radical (unpaired) electrons. The Bertz CT molecular complexity index is 338. The highest BCUT2D eigenvalue weighted by atomic mass is 16.9. The summed E-state index contributed by atoms with van der Waals surface area (Å²) in [5.74, 6) is 0.390. The average molecular weight is 239 g/mol. The second kappa shape index (κ2) is 6.95. The van der Waals surface area contributed by atoms with Gasteiger partial charge in [-0.05, 0) is 42.3 Å². The molecule has 1 rings (SSSR count). The Balaban J connectivity index is 2.49. The molecule has 1 aromatic rings. The summed E-state index contributed by atoms with van der Waals surface area (Å²) in [7, 11) is 0. The summed E-state index contributed by atoms with van der Waals surface area (Å²) in [5.41, 5.74) is 3.05. The van der Waals surface area contributed by atoms with Crippen molar-refractivity contribution in [3.05, 3.63) is 34.4 Å². The lowest BCUT2D eigenvalue weighted by atomic mass is 10.2. The van der Waals surface area contributed by atoms with Crippen molar-refractivity contribution in [3.8, 4) is 5.75 Å². The molecule has 1 aromatic carbocycles. The minimum Gasteiger partial charge on any atom is -0.570 e. The van der Waals surface area contributed by atoms with Gasteiger partial charge in [0.25, 0.3) is 0 Å². The van der Waals surface area contributed by atoms with Crippen LogP contribution in [-0.4, -0.2) is 6.04 Å². The van der Waals surface area contributed by atoms with Crippen LogP contribution in [0.15, 0.2) is 29.4 Å². The van der Waals surface area contributed by atoms with E-state index in [0.29, 0.717) is 11.4 Å². The van der Waals surface area contributed by atoms with E-state index in [1.165, 1.54) is 24.3 Å². The van der Waals surface area contributed by atoms with Crippen LogP contribution in [0.25, 0.3) is 0 Å². The number of nitrogens with zero attached hydrogens (tertiary/aromatic N) is 1. The molecule has 6 nitrogen and oxygen atoms in total. The molecule has 94 valence electrons. The first kappa shape index (κ1) is 13.6. The van der Waals surface area contributed by atoms with Gasteiger partial charge in [0, 0.05) is 0 Å². The van der Waals surface area contributed by atoms with Crippen LogP contribution in [0, 0.1) is 10.1 Å². The molecule has 0 aliphatic rings. The molecule has 2 N–H and O–H groups in total. The fraction of sp³-hybridized carbons (Fsp3) is 0.455. The highest BCUT2D eigenvalue weighted by molar-refractivity contribution is 5.40. The Morgan fingerprint density at radius 2 is 1.94 bits per heavy atom. The number of quaternary nitrogens is 1. The van der Waals surface area contributed by atoms with Gasteiger partial charge in [-0.1, -0.05) is 13.8 Å². The minimum absolute atomic E-state index is 0.124. The molecule has 6 heteroatoms. The summed E-state index contributed by atoms with van der Waals surface area (Å²) in [6.07, 6.45) is 1.72. The lowest BCUT2D eigenvalue weighted by Gasteiger charge is -2.24. The van der Waals surface area contributed by atoms with Crippen LogP contribution in [-0.2, 0) is 0 Å². The number of hydrogen-bond acceptors (Lipinski definition) is 5. The van der Waals surface area contributed by atoms with Gasteiger partial charge in [0.2, 0.25) is 0 Å². The van der Waals surface area contributed by atoms with Crippen LogP contribution in [0.1, 0.15) is 26.7 Å². The summed E-state index contributed by atoms with van der Waals surface area (Å²) >= 11 is 0. The lowest BCUT2D eigenvalue weighted by molar-refractivity contribution is -1.06. The van der Waals surface area contributed by atoms with E-state index in [4.69, 9.17) is 4.84 Å². The first-order valence-electron chi connectivity index (χ1n) is 5.61. The average Bonchev–Trinajstić information content (AvgIpc) is 2.37. The normalized spacial score (nSPS) is 12.5. The van der Waals surface area contributed by atoms with Crippen molar-refractivity contribution in [3.63, 3.8) is 0 Å². The van der Waals surface area contributed by atoms with Gasteiger partial charge in [-0.25, -0.2) is 0 Å². The maximum Gasteiger partial charge on any atom is 0.193 e. The third-order valence-corrected chi connectivity index (χ3v) is 2.46. The molecule has 0 saturated heterocycles. The summed E-state index contributed by atoms with van der Waals surface area (Å²) in [6.45, 7) is 4.00. The Morgan fingerprint density at radius 1 is 1.35 bits per heavy atom. The van der Waals surface area contributed by atoms with Gasteiger partial charge in [-0.3, -0.25) is 4.84 Å². The van der Waals surface area contributed by atoms with E-state index in [1.807, 2.05) is 13.8 Å². The number of nitroso groups, excluding NO2 is 1. The standard InChI is InChI=1S/C11H17N3O3/c1-3-9(4-2)12-14(16)17-11-7-5-10(13-15)6-8-11/h5-9,12,14H,3-4H2,1-2H3. The van der Waals surface area contributed by atoms with Gasteiger partial charge < -0.3 is 5.21 Å². The van der Waals surface area contributed by atoms with Gasteiger partial charge in [0.05, 0.1) is 6.04 Å². The molecule has 0 aliphatic heterocycles. The summed E-state index contributed by atoms with van der Waals surface area (Å²) < 4.78 is 0. The van der Waals surface area contributed by atoms with Crippen molar-refractivity contribution in [2.24, 2.45) is 5.18 Å². The van der Waals surface area contributed by atoms with Crippen molar-refractivity contribution < 1.29 is 10.2 Å². The minimum atomic E-state index is -0.481. The van der Waals surface area contributed by atoms with Crippen LogP contribution in [0.4, 0.5) is 5.69 Å². The predicted molar refractivity (Wildman–Crippen MR) is 64.4 cm³/mol. The van der Waals surface area contributed by atoms with E-state index >= 15 is 0 Å². The highest BCUT2D eigenvalue weighted by Crippen LogP contribution is 2.16. The molecule has 17 heavy (non-hydrogen) atoms. The molecule has 0 saturated carbocycles. The van der Waals surface area contributed by atoms with Gasteiger partial charge in [0.1, 0.15) is 5.69 Å². The summed E-state index contributed by atoms with van der Waals surface area (Å²) in [5, 5.41) is 13.8. The van der Waals surface area contributed by atoms with E-state index in [0.717, 1.165) is 12.8 Å². The summed E-state index contributed by atoms with van der Waals surface area (Å²) in [6, 6.07) is 6.17. The second-order valence-corrected chi connectivity index (χ2v) is 3.63. The molecule has 1 unspecified atom stereocenters. The van der Waals surface area contributed by atoms with Crippen molar-refractivity contribution >= 4 is 5.69 Å². The molecule has 0 aliphatic carbocycles. The molecule has 1 atom stereocenters. The molecule has 0 spiro atoms. The Labute approximate surface area is 100 Å². The van der Waals surface area contributed by atoms with Crippen LogP contribution >= 0.6 is 0 Å². The highest BCUT2D eigenvalue weighted by Gasteiger charge is 2.08. The molecule has 0 bridgehead atoms. The zero-order valence-corrected chi connectivity index (χ0v) is 9.97. The Kier molecular flexibility index (Phi) is 5.55. The fourth-order valence-electron chi connectivity index (χ4n) is 1.37. The Hall–Kier alpha value is -1.50. The van der Waals surface area contributed by atoms with Gasteiger partial charge in [-0.15, -0.1) is 15.7 Å². The van der Waals surface area contributed by atoms with Crippen LogP contribution in [0.2, 0.25) is 0 Å². The monoisotopic (exact) mass is 239 g/mol.